The second kappa shape index (κ2) is 10.1. The number of ketones is 1. The average Bonchev–Trinajstić information content (AvgIpc) is 2.80. The standard InChI is InChI=1S/C26H27F3N2O4/c27-26(28,29)19-2-1-3-21(14-19)31-25(35)30-20-9-6-15(7-10-20)16-8-11-22-17(12-16)4-5-18(24(22)34)13-23(32)33/h1-3,6-7,9-10,14,16-18,22H,4-5,8,11-13H2,(H,32,33)(H2,30,31,35). The molecule has 0 spiro atoms. The fraction of sp³-hybridized carbons (Fsp3) is 0.423. The molecular weight excluding hydrogens is 461 g/mol. The minimum atomic E-state index is -4.49. The van der Waals surface area contributed by atoms with Crippen LogP contribution in [0.1, 0.15) is 55.6 Å². The Morgan fingerprint density at radius 1 is 0.943 bits per heavy atom. The van der Waals surface area contributed by atoms with E-state index in [1.807, 2.05) is 12.1 Å². The zero-order chi connectivity index (χ0) is 25.2. The van der Waals surface area contributed by atoms with Gasteiger partial charge in [-0.25, -0.2) is 4.79 Å². The Balaban J connectivity index is 1.32. The Morgan fingerprint density at radius 2 is 1.66 bits per heavy atom. The van der Waals surface area contributed by atoms with Crippen LogP contribution < -0.4 is 10.6 Å². The van der Waals surface area contributed by atoms with Crippen molar-refractivity contribution in [2.24, 2.45) is 17.8 Å². The van der Waals surface area contributed by atoms with E-state index in [0.29, 0.717) is 12.1 Å². The molecule has 2 aromatic rings. The lowest BCUT2D eigenvalue weighted by atomic mass is 9.63. The van der Waals surface area contributed by atoms with Gasteiger partial charge >= 0.3 is 18.2 Å². The summed E-state index contributed by atoms with van der Waals surface area (Å²) in [6.45, 7) is 0. The number of benzene rings is 2. The van der Waals surface area contributed by atoms with Crippen molar-refractivity contribution < 1.29 is 32.7 Å². The molecule has 6 nitrogen and oxygen atoms in total. The molecule has 2 aliphatic rings. The summed E-state index contributed by atoms with van der Waals surface area (Å²) in [5.74, 6) is -0.681. The first-order chi connectivity index (χ1) is 16.6. The normalized spacial score (nSPS) is 24.4. The number of halogens is 3. The van der Waals surface area contributed by atoms with E-state index in [-0.39, 0.29) is 41.6 Å². The van der Waals surface area contributed by atoms with E-state index in [9.17, 15) is 27.6 Å². The van der Waals surface area contributed by atoms with Crippen LogP contribution in [0.5, 0.6) is 0 Å². The van der Waals surface area contributed by atoms with Crippen LogP contribution in [0.25, 0.3) is 0 Å². The van der Waals surface area contributed by atoms with Crippen LogP contribution in [0.4, 0.5) is 29.3 Å². The molecule has 2 amide bonds. The predicted molar refractivity (Wildman–Crippen MR) is 124 cm³/mol. The van der Waals surface area contributed by atoms with Crippen molar-refractivity contribution in [2.45, 2.75) is 50.6 Å². The Kier molecular flexibility index (Phi) is 7.14. The number of anilines is 2. The van der Waals surface area contributed by atoms with Crippen LogP contribution in [-0.2, 0) is 15.8 Å². The van der Waals surface area contributed by atoms with Crippen molar-refractivity contribution in [3.8, 4) is 0 Å². The Morgan fingerprint density at radius 3 is 2.34 bits per heavy atom. The molecule has 0 saturated heterocycles. The van der Waals surface area contributed by atoms with Crippen molar-refractivity contribution in [1.82, 2.24) is 0 Å². The number of fused-ring (bicyclic) bond motifs is 1. The molecule has 3 N–H and O–H groups in total. The smallest absolute Gasteiger partial charge is 0.416 e. The molecule has 4 unspecified atom stereocenters. The highest BCUT2D eigenvalue weighted by atomic mass is 19.4. The largest absolute Gasteiger partial charge is 0.481 e. The fourth-order valence-electron chi connectivity index (χ4n) is 5.44. The summed E-state index contributed by atoms with van der Waals surface area (Å²) in [5, 5.41) is 14.1. The van der Waals surface area contributed by atoms with Crippen LogP contribution in [0.2, 0.25) is 0 Å². The van der Waals surface area contributed by atoms with Gasteiger partial charge in [-0.2, -0.15) is 13.2 Å². The van der Waals surface area contributed by atoms with Crippen LogP contribution in [0.15, 0.2) is 48.5 Å². The van der Waals surface area contributed by atoms with Crippen molar-refractivity contribution in [2.75, 3.05) is 10.6 Å². The van der Waals surface area contributed by atoms with E-state index in [2.05, 4.69) is 10.6 Å². The lowest BCUT2D eigenvalue weighted by Crippen LogP contribution is -2.39. The number of amides is 2. The van der Waals surface area contributed by atoms with Gasteiger partial charge in [0, 0.05) is 23.2 Å². The maximum atomic E-state index is 12.9. The molecule has 35 heavy (non-hydrogen) atoms. The molecule has 2 aliphatic carbocycles. The van der Waals surface area contributed by atoms with Crippen LogP contribution in [0.3, 0.4) is 0 Å². The SMILES string of the molecule is O=C(O)CC1CCC2CC(c3ccc(NC(=O)Nc4cccc(C(F)(F)F)c4)cc3)CCC2C1=O. The molecule has 0 aromatic heterocycles. The number of carboxylic acid groups (broad SMARTS) is 1. The number of rotatable bonds is 5. The molecule has 2 fully saturated rings. The lowest BCUT2D eigenvalue weighted by molar-refractivity contribution is -0.144. The lowest BCUT2D eigenvalue weighted by Gasteiger charge is -2.41. The molecule has 0 radical (unpaired) electrons. The third kappa shape index (κ3) is 6.01. The number of nitrogens with one attached hydrogen (secondary N) is 2. The summed E-state index contributed by atoms with van der Waals surface area (Å²) in [5.41, 5.74) is 0.813. The first kappa shape index (κ1) is 24.8. The van der Waals surface area contributed by atoms with Gasteiger partial charge in [0.1, 0.15) is 5.78 Å². The van der Waals surface area contributed by atoms with E-state index < -0.39 is 23.7 Å². The minimum Gasteiger partial charge on any atom is -0.481 e. The maximum Gasteiger partial charge on any atom is 0.416 e. The van der Waals surface area contributed by atoms with Crippen molar-refractivity contribution in [3.05, 3.63) is 59.7 Å². The number of hydrogen-bond donors (Lipinski definition) is 3. The Labute approximate surface area is 200 Å². The van der Waals surface area contributed by atoms with Crippen molar-refractivity contribution in [1.29, 1.82) is 0 Å². The summed E-state index contributed by atoms with van der Waals surface area (Å²) in [6, 6.07) is 11.1. The Bertz CT molecular complexity index is 1100. The molecule has 186 valence electrons. The zero-order valence-electron chi connectivity index (χ0n) is 19.0. The molecule has 2 aromatic carbocycles. The monoisotopic (exact) mass is 488 g/mol. The van der Waals surface area contributed by atoms with E-state index >= 15 is 0 Å². The molecule has 2 saturated carbocycles. The molecule has 0 bridgehead atoms. The molecule has 4 rings (SSSR count). The number of Topliss-reactive ketones (excluding diaryl/α,β-unsaturated/α-hetero) is 1. The van der Waals surface area contributed by atoms with Gasteiger partial charge < -0.3 is 15.7 Å². The van der Waals surface area contributed by atoms with E-state index in [0.717, 1.165) is 43.4 Å². The number of alkyl halides is 3. The maximum absolute atomic E-state index is 12.9. The van der Waals surface area contributed by atoms with Gasteiger partial charge in [0.2, 0.25) is 0 Å². The van der Waals surface area contributed by atoms with Crippen molar-refractivity contribution in [3.63, 3.8) is 0 Å². The quantitative estimate of drug-likeness (QED) is 0.460. The molecule has 9 heteroatoms. The van der Waals surface area contributed by atoms with Crippen LogP contribution in [-0.4, -0.2) is 22.9 Å². The molecule has 0 aliphatic heterocycles. The molecular formula is C26H27F3N2O4. The first-order valence-electron chi connectivity index (χ1n) is 11.7. The van der Waals surface area contributed by atoms with Crippen molar-refractivity contribution >= 4 is 29.2 Å². The second-order valence-electron chi connectivity index (χ2n) is 9.43. The third-order valence-electron chi connectivity index (χ3n) is 7.14. The van der Waals surface area contributed by atoms with Gasteiger partial charge in [-0.15, -0.1) is 0 Å². The summed E-state index contributed by atoms with van der Waals surface area (Å²) >= 11 is 0. The number of carbonyl (C=O) groups excluding carboxylic acids is 2. The summed E-state index contributed by atoms with van der Waals surface area (Å²) < 4.78 is 38.6. The number of carbonyl (C=O) groups is 3. The van der Waals surface area contributed by atoms with Gasteiger partial charge in [-0.05, 0) is 79.8 Å². The summed E-state index contributed by atoms with van der Waals surface area (Å²) in [6.07, 6.45) is -0.614. The van der Waals surface area contributed by atoms with Gasteiger partial charge in [0.05, 0.1) is 12.0 Å². The van der Waals surface area contributed by atoms with E-state index in [1.54, 1.807) is 12.1 Å². The highest BCUT2D eigenvalue weighted by Gasteiger charge is 2.42. The third-order valence-corrected chi connectivity index (χ3v) is 7.14. The highest BCUT2D eigenvalue weighted by Crippen LogP contribution is 2.46. The second-order valence-corrected chi connectivity index (χ2v) is 9.43. The predicted octanol–water partition coefficient (Wildman–Crippen LogP) is 6.30. The number of hydrogen-bond acceptors (Lipinski definition) is 3. The molecule has 0 heterocycles. The fourth-order valence-corrected chi connectivity index (χ4v) is 5.44. The zero-order valence-corrected chi connectivity index (χ0v) is 19.0. The number of carboxylic acids is 1. The van der Waals surface area contributed by atoms with Crippen LogP contribution >= 0.6 is 0 Å². The summed E-state index contributed by atoms with van der Waals surface area (Å²) in [4.78, 5) is 36.0. The molecule has 4 atom stereocenters. The van der Waals surface area contributed by atoms with Gasteiger partial charge in [0.25, 0.3) is 0 Å². The van der Waals surface area contributed by atoms with Gasteiger partial charge in [-0.1, -0.05) is 18.2 Å². The van der Waals surface area contributed by atoms with Gasteiger partial charge in [0.15, 0.2) is 0 Å². The number of aliphatic carboxylic acids is 1. The summed E-state index contributed by atoms with van der Waals surface area (Å²) in [7, 11) is 0. The Hall–Kier alpha value is -3.36. The highest BCUT2D eigenvalue weighted by molar-refractivity contribution is 5.99. The average molecular weight is 489 g/mol. The first-order valence-corrected chi connectivity index (χ1v) is 11.7. The van der Waals surface area contributed by atoms with E-state index in [4.69, 9.17) is 5.11 Å². The minimum absolute atomic E-state index is 0.0401. The number of urea groups is 1. The van der Waals surface area contributed by atoms with E-state index in [1.165, 1.54) is 12.1 Å². The van der Waals surface area contributed by atoms with Gasteiger partial charge in [-0.3, -0.25) is 9.59 Å². The van der Waals surface area contributed by atoms with Crippen LogP contribution in [0, 0.1) is 17.8 Å². The topological polar surface area (TPSA) is 95.5 Å².